The summed E-state index contributed by atoms with van der Waals surface area (Å²) in [7, 11) is 0. The van der Waals surface area contributed by atoms with E-state index < -0.39 is 5.97 Å². The summed E-state index contributed by atoms with van der Waals surface area (Å²) in [5, 5.41) is 0. The van der Waals surface area contributed by atoms with E-state index in [0.29, 0.717) is 5.56 Å². The van der Waals surface area contributed by atoms with E-state index in [-0.39, 0.29) is 19.2 Å². The van der Waals surface area contributed by atoms with Crippen LogP contribution in [0.5, 0.6) is 0 Å². The lowest BCUT2D eigenvalue weighted by Crippen LogP contribution is -2.08. The quantitative estimate of drug-likeness (QED) is 0.435. The van der Waals surface area contributed by atoms with Gasteiger partial charge in [-0.15, -0.1) is 0 Å². The lowest BCUT2D eigenvalue weighted by Gasteiger charge is -2.05. The van der Waals surface area contributed by atoms with Gasteiger partial charge in [0.1, 0.15) is 13.2 Å². The largest absolute Gasteiger partial charge is 0.458 e. The van der Waals surface area contributed by atoms with Crippen molar-refractivity contribution in [2.24, 2.45) is 0 Å². The first-order valence-corrected chi connectivity index (χ1v) is 7.93. The van der Waals surface area contributed by atoms with Crippen LogP contribution in [0.2, 0.25) is 0 Å². The van der Waals surface area contributed by atoms with E-state index in [1.807, 2.05) is 43.3 Å². The molecule has 0 N–H and O–H groups in total. The van der Waals surface area contributed by atoms with Crippen molar-refractivity contribution in [1.82, 2.24) is 0 Å². The Hall–Kier alpha value is -3.14. The fraction of sp³-hybridized carbons (Fsp3) is 0.143. The highest BCUT2D eigenvalue weighted by Gasteiger charge is 2.05. The minimum atomic E-state index is -0.422. The van der Waals surface area contributed by atoms with Crippen molar-refractivity contribution in [2.75, 3.05) is 13.2 Å². The Morgan fingerprint density at radius 2 is 1.56 bits per heavy atom. The SMILES string of the molecule is C/C(=C\COC(=O)/C=C/c1ccccc1)COC(=O)c1ccccc1. The summed E-state index contributed by atoms with van der Waals surface area (Å²) in [4.78, 5) is 23.4. The fourth-order valence-electron chi connectivity index (χ4n) is 1.94. The zero-order chi connectivity index (χ0) is 17.9. The Balaban J connectivity index is 1.71. The molecule has 0 bridgehead atoms. The summed E-state index contributed by atoms with van der Waals surface area (Å²) in [6.45, 7) is 2.10. The van der Waals surface area contributed by atoms with Crippen LogP contribution in [0.15, 0.2) is 78.4 Å². The van der Waals surface area contributed by atoms with Gasteiger partial charge in [0.2, 0.25) is 0 Å². The topological polar surface area (TPSA) is 52.6 Å². The van der Waals surface area contributed by atoms with Crippen LogP contribution in [0.1, 0.15) is 22.8 Å². The summed E-state index contributed by atoms with van der Waals surface area (Å²) < 4.78 is 10.3. The van der Waals surface area contributed by atoms with Crippen LogP contribution in [0.3, 0.4) is 0 Å². The molecule has 128 valence electrons. The second-order valence-corrected chi connectivity index (χ2v) is 5.37. The number of carbonyl (C=O) groups is 2. The molecular formula is C21H20O4. The van der Waals surface area contributed by atoms with Crippen molar-refractivity contribution in [3.63, 3.8) is 0 Å². The van der Waals surface area contributed by atoms with Crippen LogP contribution in [0.25, 0.3) is 6.08 Å². The second-order valence-electron chi connectivity index (χ2n) is 5.37. The minimum absolute atomic E-state index is 0.132. The molecule has 0 atom stereocenters. The maximum atomic E-state index is 11.8. The Morgan fingerprint density at radius 3 is 2.24 bits per heavy atom. The van der Waals surface area contributed by atoms with E-state index in [4.69, 9.17) is 9.47 Å². The fourth-order valence-corrected chi connectivity index (χ4v) is 1.94. The third-order valence-corrected chi connectivity index (χ3v) is 3.31. The number of carbonyl (C=O) groups excluding carboxylic acids is 2. The Bertz CT molecular complexity index is 746. The van der Waals surface area contributed by atoms with Gasteiger partial charge in [-0.05, 0) is 42.3 Å². The first-order valence-electron chi connectivity index (χ1n) is 7.93. The van der Waals surface area contributed by atoms with E-state index in [2.05, 4.69) is 0 Å². The van der Waals surface area contributed by atoms with Crippen molar-refractivity contribution in [2.45, 2.75) is 6.92 Å². The van der Waals surface area contributed by atoms with Crippen LogP contribution in [0.4, 0.5) is 0 Å². The summed E-state index contributed by atoms with van der Waals surface area (Å²) in [6.07, 6.45) is 4.79. The molecule has 0 saturated heterocycles. The number of rotatable bonds is 7. The molecule has 0 aliphatic rings. The molecule has 2 aromatic carbocycles. The van der Waals surface area contributed by atoms with Gasteiger partial charge in [0.05, 0.1) is 5.56 Å². The van der Waals surface area contributed by atoms with Crippen LogP contribution >= 0.6 is 0 Å². The number of esters is 2. The van der Waals surface area contributed by atoms with Gasteiger partial charge in [-0.1, -0.05) is 48.5 Å². The molecule has 0 aromatic heterocycles. The van der Waals surface area contributed by atoms with Gasteiger partial charge < -0.3 is 9.47 Å². The molecule has 0 spiro atoms. The van der Waals surface area contributed by atoms with E-state index in [0.717, 1.165) is 11.1 Å². The lowest BCUT2D eigenvalue weighted by atomic mass is 10.2. The molecule has 0 saturated carbocycles. The Morgan fingerprint density at radius 1 is 0.920 bits per heavy atom. The third kappa shape index (κ3) is 6.87. The molecule has 2 rings (SSSR count). The molecule has 0 fully saturated rings. The first kappa shape index (κ1) is 18.2. The molecule has 0 heterocycles. The highest BCUT2D eigenvalue weighted by Crippen LogP contribution is 2.04. The molecule has 4 heteroatoms. The van der Waals surface area contributed by atoms with Gasteiger partial charge in [-0.25, -0.2) is 9.59 Å². The summed E-state index contributed by atoms with van der Waals surface area (Å²) >= 11 is 0. The normalized spacial score (nSPS) is 11.3. The molecule has 0 radical (unpaired) electrons. The Kier molecular flexibility index (Phi) is 7.19. The van der Waals surface area contributed by atoms with Crippen molar-refractivity contribution < 1.29 is 19.1 Å². The summed E-state index contributed by atoms with van der Waals surface area (Å²) in [5.41, 5.74) is 2.25. The van der Waals surface area contributed by atoms with Crippen molar-refractivity contribution in [3.05, 3.63) is 89.5 Å². The van der Waals surface area contributed by atoms with E-state index in [9.17, 15) is 9.59 Å². The van der Waals surface area contributed by atoms with Gasteiger partial charge in [-0.2, -0.15) is 0 Å². The molecule has 0 aliphatic heterocycles. The highest BCUT2D eigenvalue weighted by molar-refractivity contribution is 5.89. The zero-order valence-corrected chi connectivity index (χ0v) is 14.1. The van der Waals surface area contributed by atoms with Crippen molar-refractivity contribution in [1.29, 1.82) is 0 Å². The lowest BCUT2D eigenvalue weighted by molar-refractivity contribution is -0.136. The highest BCUT2D eigenvalue weighted by atomic mass is 16.5. The number of ether oxygens (including phenoxy) is 2. The van der Waals surface area contributed by atoms with E-state index >= 15 is 0 Å². The molecular weight excluding hydrogens is 316 g/mol. The minimum Gasteiger partial charge on any atom is -0.458 e. The van der Waals surface area contributed by atoms with Crippen LogP contribution in [-0.2, 0) is 14.3 Å². The van der Waals surface area contributed by atoms with Crippen LogP contribution in [-0.4, -0.2) is 25.2 Å². The predicted octanol–water partition coefficient (Wildman–Crippen LogP) is 4.05. The predicted molar refractivity (Wildman–Crippen MR) is 96.9 cm³/mol. The maximum absolute atomic E-state index is 11.8. The zero-order valence-electron chi connectivity index (χ0n) is 14.1. The second kappa shape index (κ2) is 9.88. The average Bonchev–Trinajstić information content (AvgIpc) is 2.66. The molecule has 2 aromatic rings. The van der Waals surface area contributed by atoms with Gasteiger partial charge in [0.15, 0.2) is 0 Å². The molecule has 25 heavy (non-hydrogen) atoms. The maximum Gasteiger partial charge on any atom is 0.338 e. The monoisotopic (exact) mass is 336 g/mol. The van der Waals surface area contributed by atoms with Gasteiger partial charge >= 0.3 is 11.9 Å². The molecule has 0 amide bonds. The standard InChI is InChI=1S/C21H20O4/c1-17(16-25-21(23)19-10-6-3-7-11-19)14-15-24-20(22)13-12-18-8-4-2-5-9-18/h2-14H,15-16H2,1H3/b13-12+,17-14+. The van der Waals surface area contributed by atoms with E-state index in [1.165, 1.54) is 6.08 Å². The third-order valence-electron chi connectivity index (χ3n) is 3.31. The van der Waals surface area contributed by atoms with Gasteiger partial charge in [0.25, 0.3) is 0 Å². The number of benzene rings is 2. The number of hydrogen-bond donors (Lipinski definition) is 0. The average molecular weight is 336 g/mol. The smallest absolute Gasteiger partial charge is 0.338 e. The van der Waals surface area contributed by atoms with Crippen molar-refractivity contribution in [3.8, 4) is 0 Å². The Labute approximate surface area is 147 Å². The van der Waals surface area contributed by atoms with Crippen molar-refractivity contribution >= 4 is 18.0 Å². The summed E-state index contributed by atoms with van der Waals surface area (Å²) in [6, 6.07) is 18.3. The van der Waals surface area contributed by atoms with Crippen LogP contribution < -0.4 is 0 Å². The van der Waals surface area contributed by atoms with Gasteiger partial charge in [0, 0.05) is 6.08 Å². The van der Waals surface area contributed by atoms with Crippen LogP contribution in [0, 0.1) is 0 Å². The number of hydrogen-bond acceptors (Lipinski definition) is 4. The van der Waals surface area contributed by atoms with E-state index in [1.54, 1.807) is 36.4 Å². The van der Waals surface area contributed by atoms with Gasteiger partial charge in [-0.3, -0.25) is 0 Å². The first-order chi connectivity index (χ1) is 12.1. The molecule has 0 unspecified atom stereocenters. The summed E-state index contributed by atoms with van der Waals surface area (Å²) in [5.74, 6) is -0.801. The molecule has 0 aliphatic carbocycles. The molecule has 4 nitrogen and oxygen atoms in total.